The molecule has 9 nitrogen and oxygen atoms in total. The second-order valence-electron chi connectivity index (χ2n) is 8.47. The first-order valence-corrected chi connectivity index (χ1v) is 10.8. The number of aryl methyl sites for hydroxylation is 1. The van der Waals surface area contributed by atoms with Gasteiger partial charge in [-0.3, -0.25) is 9.48 Å². The fourth-order valence-corrected chi connectivity index (χ4v) is 4.44. The van der Waals surface area contributed by atoms with Crippen molar-refractivity contribution in [2.24, 2.45) is 7.05 Å². The van der Waals surface area contributed by atoms with Gasteiger partial charge in [0, 0.05) is 31.7 Å². The first-order valence-electron chi connectivity index (χ1n) is 10.8. The quantitative estimate of drug-likeness (QED) is 0.541. The van der Waals surface area contributed by atoms with Crippen molar-refractivity contribution in [3.8, 4) is 0 Å². The number of amides is 1. The number of nitrogens with zero attached hydrogens (tertiary/aromatic N) is 6. The van der Waals surface area contributed by atoms with Crippen molar-refractivity contribution in [2.75, 3.05) is 23.3 Å². The zero-order chi connectivity index (χ0) is 20.9. The molecule has 0 bridgehead atoms. The number of anilines is 2. The second-order valence-corrected chi connectivity index (χ2v) is 8.47. The Morgan fingerprint density at radius 1 is 1.13 bits per heavy atom. The summed E-state index contributed by atoms with van der Waals surface area (Å²) in [6.07, 6.45) is 7.50. The number of nitrogens with one attached hydrogen (secondary N) is 1. The van der Waals surface area contributed by atoms with E-state index in [0.717, 1.165) is 61.2 Å². The monoisotopic (exact) mass is 417 g/mol. The van der Waals surface area contributed by atoms with Crippen molar-refractivity contribution in [2.45, 2.75) is 38.0 Å². The summed E-state index contributed by atoms with van der Waals surface area (Å²) >= 11 is 0. The Morgan fingerprint density at radius 3 is 2.74 bits per heavy atom. The number of piperidine rings is 1. The molecule has 0 unspecified atom stereocenters. The van der Waals surface area contributed by atoms with Crippen molar-refractivity contribution in [1.82, 2.24) is 25.1 Å². The predicted octanol–water partition coefficient (Wildman–Crippen LogP) is 3.62. The number of hydrogen-bond donors (Lipinski definition) is 1. The summed E-state index contributed by atoms with van der Waals surface area (Å²) in [7, 11) is 1.84. The van der Waals surface area contributed by atoms with E-state index in [4.69, 9.17) is 9.61 Å². The van der Waals surface area contributed by atoms with Crippen LogP contribution in [0.4, 0.5) is 11.4 Å². The molecule has 158 valence electrons. The summed E-state index contributed by atoms with van der Waals surface area (Å²) in [6, 6.07) is 5.78. The molecule has 1 aliphatic heterocycles. The van der Waals surface area contributed by atoms with Crippen LogP contribution >= 0.6 is 0 Å². The molecular weight excluding hydrogens is 394 g/mol. The predicted molar refractivity (Wildman–Crippen MR) is 116 cm³/mol. The molecule has 31 heavy (non-hydrogen) atoms. The van der Waals surface area contributed by atoms with E-state index in [2.05, 4.69) is 25.6 Å². The fourth-order valence-electron chi connectivity index (χ4n) is 4.44. The van der Waals surface area contributed by atoms with Crippen LogP contribution in [0.5, 0.6) is 0 Å². The molecule has 2 aliphatic rings. The van der Waals surface area contributed by atoms with Crippen molar-refractivity contribution < 1.29 is 9.42 Å². The lowest BCUT2D eigenvalue weighted by molar-refractivity contribution is 0.102. The summed E-state index contributed by atoms with van der Waals surface area (Å²) in [5.74, 6) is 0.221. The molecule has 6 rings (SSSR count). The van der Waals surface area contributed by atoms with Gasteiger partial charge in [-0.2, -0.15) is 5.10 Å². The highest BCUT2D eigenvalue weighted by Crippen LogP contribution is 2.40. The SMILES string of the molecule is Cn1ncc2c(C(=O)Nc3ccc(N4CCCCC4)c4nonc34)cc(C3CC3)nc21. The van der Waals surface area contributed by atoms with E-state index in [9.17, 15) is 4.79 Å². The number of fused-ring (bicyclic) bond motifs is 2. The van der Waals surface area contributed by atoms with Gasteiger partial charge in [-0.1, -0.05) is 0 Å². The zero-order valence-corrected chi connectivity index (χ0v) is 17.3. The Morgan fingerprint density at radius 2 is 1.94 bits per heavy atom. The highest BCUT2D eigenvalue weighted by Gasteiger charge is 2.28. The maximum Gasteiger partial charge on any atom is 0.256 e. The third-order valence-corrected chi connectivity index (χ3v) is 6.30. The van der Waals surface area contributed by atoms with E-state index in [1.807, 2.05) is 25.2 Å². The van der Waals surface area contributed by atoms with Crippen LogP contribution in [0.15, 0.2) is 29.0 Å². The van der Waals surface area contributed by atoms with Crippen LogP contribution in [0.3, 0.4) is 0 Å². The van der Waals surface area contributed by atoms with Crippen LogP contribution in [0, 0.1) is 0 Å². The Bertz CT molecular complexity index is 1300. The molecule has 0 radical (unpaired) electrons. The van der Waals surface area contributed by atoms with Crippen molar-refractivity contribution in [1.29, 1.82) is 0 Å². The summed E-state index contributed by atoms with van der Waals surface area (Å²) in [5, 5.41) is 16.3. The fraction of sp³-hybridized carbons (Fsp3) is 0.409. The number of hydrogen-bond acceptors (Lipinski definition) is 7. The van der Waals surface area contributed by atoms with E-state index in [-0.39, 0.29) is 5.91 Å². The maximum absolute atomic E-state index is 13.3. The topological polar surface area (TPSA) is 102 Å². The molecule has 1 aliphatic carbocycles. The number of pyridine rings is 1. The van der Waals surface area contributed by atoms with Gasteiger partial charge in [-0.05, 0) is 60.6 Å². The van der Waals surface area contributed by atoms with Crippen molar-refractivity contribution in [3.05, 3.63) is 35.7 Å². The van der Waals surface area contributed by atoms with Crippen LogP contribution in [-0.4, -0.2) is 44.1 Å². The van der Waals surface area contributed by atoms with Gasteiger partial charge < -0.3 is 10.2 Å². The maximum atomic E-state index is 13.3. The summed E-state index contributed by atoms with van der Waals surface area (Å²) in [6.45, 7) is 1.99. The molecule has 4 heterocycles. The molecule has 0 atom stereocenters. The first kappa shape index (κ1) is 18.3. The number of benzene rings is 1. The summed E-state index contributed by atoms with van der Waals surface area (Å²) in [4.78, 5) is 20.4. The van der Waals surface area contributed by atoms with Crippen LogP contribution in [0.25, 0.3) is 22.1 Å². The molecule has 1 saturated carbocycles. The van der Waals surface area contributed by atoms with Crippen molar-refractivity contribution >= 4 is 39.3 Å². The largest absolute Gasteiger partial charge is 0.370 e. The van der Waals surface area contributed by atoms with E-state index in [1.165, 1.54) is 6.42 Å². The minimum atomic E-state index is -0.211. The van der Waals surface area contributed by atoms with Gasteiger partial charge in [0.05, 0.1) is 28.5 Å². The number of carbonyl (C=O) groups is 1. The molecule has 2 fully saturated rings. The molecular formula is C22H23N7O2. The lowest BCUT2D eigenvalue weighted by atomic mass is 10.1. The molecule has 3 aromatic heterocycles. The van der Waals surface area contributed by atoms with Crippen LogP contribution in [-0.2, 0) is 7.05 Å². The minimum Gasteiger partial charge on any atom is -0.370 e. The van der Waals surface area contributed by atoms with Gasteiger partial charge in [0.25, 0.3) is 5.91 Å². The molecule has 1 N–H and O–H groups in total. The van der Waals surface area contributed by atoms with E-state index in [1.54, 1.807) is 10.9 Å². The van der Waals surface area contributed by atoms with Crippen LogP contribution < -0.4 is 10.2 Å². The molecule has 0 spiro atoms. The molecule has 4 aromatic rings. The highest BCUT2D eigenvalue weighted by molar-refractivity contribution is 6.14. The molecule has 1 aromatic carbocycles. The lowest BCUT2D eigenvalue weighted by Gasteiger charge is -2.28. The number of aromatic nitrogens is 5. The Balaban J connectivity index is 1.37. The lowest BCUT2D eigenvalue weighted by Crippen LogP contribution is -2.29. The van der Waals surface area contributed by atoms with Gasteiger partial charge in [0.15, 0.2) is 16.7 Å². The van der Waals surface area contributed by atoms with Crippen LogP contribution in [0.1, 0.15) is 54.1 Å². The molecule has 1 amide bonds. The number of carbonyl (C=O) groups excluding carboxylic acids is 1. The van der Waals surface area contributed by atoms with Gasteiger partial charge in [0.1, 0.15) is 0 Å². The van der Waals surface area contributed by atoms with E-state index < -0.39 is 0 Å². The van der Waals surface area contributed by atoms with Gasteiger partial charge >= 0.3 is 0 Å². The summed E-state index contributed by atoms with van der Waals surface area (Å²) < 4.78 is 6.77. The first-order chi connectivity index (χ1) is 15.2. The van der Waals surface area contributed by atoms with E-state index in [0.29, 0.717) is 28.2 Å². The Kier molecular flexibility index (Phi) is 4.15. The smallest absolute Gasteiger partial charge is 0.256 e. The number of rotatable bonds is 4. The Labute approximate surface area is 178 Å². The molecule has 9 heteroatoms. The van der Waals surface area contributed by atoms with Gasteiger partial charge in [-0.15, -0.1) is 0 Å². The average molecular weight is 417 g/mol. The van der Waals surface area contributed by atoms with Crippen molar-refractivity contribution in [3.63, 3.8) is 0 Å². The summed E-state index contributed by atoms with van der Waals surface area (Å²) in [5.41, 5.74) is 5.09. The zero-order valence-electron chi connectivity index (χ0n) is 17.3. The van der Waals surface area contributed by atoms with Crippen LogP contribution in [0.2, 0.25) is 0 Å². The van der Waals surface area contributed by atoms with Gasteiger partial charge in [-0.25, -0.2) is 9.61 Å². The normalized spacial score (nSPS) is 16.9. The highest BCUT2D eigenvalue weighted by atomic mass is 16.6. The molecule has 1 saturated heterocycles. The third-order valence-electron chi connectivity index (χ3n) is 6.30. The Hall–Kier alpha value is -3.49. The third kappa shape index (κ3) is 3.11. The second kappa shape index (κ2) is 7.04. The minimum absolute atomic E-state index is 0.211. The van der Waals surface area contributed by atoms with E-state index >= 15 is 0 Å². The van der Waals surface area contributed by atoms with Gasteiger partial charge in [0.2, 0.25) is 0 Å². The average Bonchev–Trinajstić information content (AvgIpc) is 3.41. The standard InChI is InChI=1S/C22H23N7O2/c1-28-21-15(12-23-28)14(11-17(24-21)13-5-6-13)22(30)25-16-7-8-18(20-19(16)26-31-27-20)29-9-3-2-4-10-29/h7-8,11-13H,2-6,9-10H2,1H3,(H,25,30).